The standard InChI is InChI=1S/C16H14ClNO3/c1-20-15-4-2-11(6-12(15)8-18)10-21-16-5-3-14(17)7-13(16)9-19/h2-7,19H,9-10H2,1H3. The lowest BCUT2D eigenvalue weighted by Crippen LogP contribution is -2.00. The monoisotopic (exact) mass is 303 g/mol. The molecule has 0 aliphatic carbocycles. The van der Waals surface area contributed by atoms with Gasteiger partial charge in [-0.15, -0.1) is 0 Å². The number of aliphatic hydroxyl groups excluding tert-OH is 1. The van der Waals surface area contributed by atoms with Gasteiger partial charge in [-0.3, -0.25) is 0 Å². The van der Waals surface area contributed by atoms with Crippen LogP contribution in [0, 0.1) is 11.3 Å². The maximum Gasteiger partial charge on any atom is 0.136 e. The minimum absolute atomic E-state index is 0.151. The van der Waals surface area contributed by atoms with E-state index in [1.807, 2.05) is 6.07 Å². The number of halogens is 1. The van der Waals surface area contributed by atoms with E-state index in [1.54, 1.807) is 30.3 Å². The highest BCUT2D eigenvalue weighted by atomic mass is 35.5. The lowest BCUT2D eigenvalue weighted by molar-refractivity contribution is 0.259. The number of hydrogen-bond acceptors (Lipinski definition) is 4. The Morgan fingerprint density at radius 1 is 1.19 bits per heavy atom. The second-order valence-corrected chi connectivity index (χ2v) is 4.78. The minimum atomic E-state index is -0.151. The lowest BCUT2D eigenvalue weighted by Gasteiger charge is -2.11. The molecule has 4 nitrogen and oxygen atoms in total. The summed E-state index contributed by atoms with van der Waals surface area (Å²) in [5.74, 6) is 1.10. The minimum Gasteiger partial charge on any atom is -0.495 e. The van der Waals surface area contributed by atoms with E-state index < -0.39 is 0 Å². The van der Waals surface area contributed by atoms with Gasteiger partial charge in [0, 0.05) is 10.6 Å². The summed E-state index contributed by atoms with van der Waals surface area (Å²) in [6.07, 6.45) is 0. The third kappa shape index (κ3) is 3.66. The molecule has 21 heavy (non-hydrogen) atoms. The van der Waals surface area contributed by atoms with Crippen molar-refractivity contribution in [1.82, 2.24) is 0 Å². The van der Waals surface area contributed by atoms with Gasteiger partial charge in [0.05, 0.1) is 19.3 Å². The van der Waals surface area contributed by atoms with Crippen molar-refractivity contribution in [3.8, 4) is 17.6 Å². The average Bonchev–Trinajstić information content (AvgIpc) is 2.53. The second-order valence-electron chi connectivity index (χ2n) is 4.35. The van der Waals surface area contributed by atoms with Crippen LogP contribution in [0.5, 0.6) is 11.5 Å². The maximum atomic E-state index is 9.29. The predicted molar refractivity (Wildman–Crippen MR) is 79.4 cm³/mol. The summed E-state index contributed by atoms with van der Waals surface area (Å²) in [6.45, 7) is 0.134. The maximum absolute atomic E-state index is 9.29. The van der Waals surface area contributed by atoms with E-state index in [4.69, 9.17) is 26.3 Å². The summed E-state index contributed by atoms with van der Waals surface area (Å²) in [7, 11) is 1.52. The Labute approximate surface area is 128 Å². The number of rotatable bonds is 5. The molecule has 0 amide bonds. The fourth-order valence-electron chi connectivity index (χ4n) is 1.91. The number of nitriles is 1. The highest BCUT2D eigenvalue weighted by Crippen LogP contribution is 2.25. The second kappa shape index (κ2) is 6.98. The number of methoxy groups -OCH3 is 1. The zero-order valence-corrected chi connectivity index (χ0v) is 12.2. The Morgan fingerprint density at radius 2 is 1.95 bits per heavy atom. The van der Waals surface area contributed by atoms with Gasteiger partial charge in [-0.25, -0.2) is 0 Å². The summed E-state index contributed by atoms with van der Waals surface area (Å²) in [4.78, 5) is 0. The van der Waals surface area contributed by atoms with E-state index in [0.29, 0.717) is 27.6 Å². The van der Waals surface area contributed by atoms with Gasteiger partial charge < -0.3 is 14.6 Å². The van der Waals surface area contributed by atoms with Crippen molar-refractivity contribution >= 4 is 11.6 Å². The number of ether oxygens (including phenoxy) is 2. The van der Waals surface area contributed by atoms with E-state index >= 15 is 0 Å². The molecule has 2 aromatic rings. The molecular formula is C16H14ClNO3. The third-order valence-corrected chi connectivity index (χ3v) is 3.21. The van der Waals surface area contributed by atoms with E-state index in [9.17, 15) is 5.11 Å². The summed E-state index contributed by atoms with van der Waals surface area (Å²) < 4.78 is 10.8. The van der Waals surface area contributed by atoms with Crippen LogP contribution in [0.15, 0.2) is 36.4 Å². The summed E-state index contributed by atoms with van der Waals surface area (Å²) in [5.41, 5.74) is 1.92. The molecule has 0 heterocycles. The zero-order chi connectivity index (χ0) is 15.2. The molecule has 0 fully saturated rings. The molecule has 0 unspecified atom stereocenters. The molecule has 2 rings (SSSR count). The molecule has 0 aliphatic rings. The van der Waals surface area contributed by atoms with Gasteiger partial charge in [0.1, 0.15) is 24.2 Å². The average molecular weight is 304 g/mol. The molecule has 0 spiro atoms. The highest BCUT2D eigenvalue weighted by Gasteiger charge is 2.07. The molecule has 0 radical (unpaired) electrons. The third-order valence-electron chi connectivity index (χ3n) is 2.97. The highest BCUT2D eigenvalue weighted by molar-refractivity contribution is 6.30. The van der Waals surface area contributed by atoms with Crippen LogP contribution in [-0.2, 0) is 13.2 Å². The normalized spacial score (nSPS) is 10.0. The van der Waals surface area contributed by atoms with Crippen molar-refractivity contribution in [2.75, 3.05) is 7.11 Å². The van der Waals surface area contributed by atoms with Crippen LogP contribution in [0.2, 0.25) is 5.02 Å². The first-order chi connectivity index (χ1) is 10.2. The van der Waals surface area contributed by atoms with E-state index in [2.05, 4.69) is 6.07 Å². The van der Waals surface area contributed by atoms with Crippen molar-refractivity contribution in [3.63, 3.8) is 0 Å². The van der Waals surface area contributed by atoms with Crippen molar-refractivity contribution < 1.29 is 14.6 Å². The number of hydrogen-bond donors (Lipinski definition) is 1. The van der Waals surface area contributed by atoms with Crippen molar-refractivity contribution in [2.24, 2.45) is 0 Å². The topological polar surface area (TPSA) is 62.5 Å². The first-order valence-corrected chi connectivity index (χ1v) is 6.65. The van der Waals surface area contributed by atoms with Gasteiger partial charge in [0.15, 0.2) is 0 Å². The quantitative estimate of drug-likeness (QED) is 0.920. The Morgan fingerprint density at radius 3 is 2.62 bits per heavy atom. The van der Waals surface area contributed by atoms with Gasteiger partial charge in [-0.2, -0.15) is 5.26 Å². The first-order valence-electron chi connectivity index (χ1n) is 6.27. The molecule has 0 saturated heterocycles. The van der Waals surface area contributed by atoms with Crippen LogP contribution in [-0.4, -0.2) is 12.2 Å². The molecule has 0 atom stereocenters. The summed E-state index contributed by atoms with van der Waals surface area (Å²) in [6, 6.07) is 12.4. The number of nitrogens with zero attached hydrogens (tertiary/aromatic N) is 1. The lowest BCUT2D eigenvalue weighted by atomic mass is 10.1. The van der Waals surface area contributed by atoms with Crippen LogP contribution in [0.1, 0.15) is 16.7 Å². The fraction of sp³-hybridized carbons (Fsp3) is 0.188. The van der Waals surface area contributed by atoms with Crippen molar-refractivity contribution in [1.29, 1.82) is 5.26 Å². The van der Waals surface area contributed by atoms with E-state index in [1.165, 1.54) is 7.11 Å². The van der Waals surface area contributed by atoms with Gasteiger partial charge in [0.2, 0.25) is 0 Å². The fourth-order valence-corrected chi connectivity index (χ4v) is 2.10. The molecule has 2 aromatic carbocycles. The van der Waals surface area contributed by atoms with Gasteiger partial charge in [-0.1, -0.05) is 17.7 Å². The Hall–Kier alpha value is -2.22. The van der Waals surface area contributed by atoms with Crippen LogP contribution in [0.25, 0.3) is 0 Å². The Bertz CT molecular complexity index is 680. The zero-order valence-electron chi connectivity index (χ0n) is 11.5. The summed E-state index contributed by atoms with van der Waals surface area (Å²) in [5, 5.41) is 18.9. The van der Waals surface area contributed by atoms with Crippen LogP contribution >= 0.6 is 11.6 Å². The molecule has 0 aliphatic heterocycles. The SMILES string of the molecule is COc1ccc(COc2ccc(Cl)cc2CO)cc1C#N. The first kappa shape index (κ1) is 15.2. The van der Waals surface area contributed by atoms with Crippen LogP contribution in [0.3, 0.4) is 0 Å². The summed E-state index contributed by atoms with van der Waals surface area (Å²) >= 11 is 5.87. The van der Waals surface area contributed by atoms with E-state index in [-0.39, 0.29) is 13.2 Å². The van der Waals surface area contributed by atoms with Gasteiger partial charge >= 0.3 is 0 Å². The molecule has 0 aromatic heterocycles. The number of aliphatic hydroxyl groups is 1. The molecule has 5 heteroatoms. The molecule has 0 saturated carbocycles. The molecule has 1 N–H and O–H groups in total. The Balaban J connectivity index is 2.15. The van der Waals surface area contributed by atoms with E-state index in [0.717, 1.165) is 5.56 Å². The smallest absolute Gasteiger partial charge is 0.136 e. The van der Waals surface area contributed by atoms with Crippen LogP contribution < -0.4 is 9.47 Å². The van der Waals surface area contributed by atoms with Gasteiger partial charge in [0.25, 0.3) is 0 Å². The predicted octanol–water partition coefficient (Wildman–Crippen LogP) is 3.29. The Kier molecular flexibility index (Phi) is 5.04. The largest absolute Gasteiger partial charge is 0.495 e. The molecule has 0 bridgehead atoms. The van der Waals surface area contributed by atoms with Crippen molar-refractivity contribution in [3.05, 3.63) is 58.1 Å². The van der Waals surface area contributed by atoms with Crippen molar-refractivity contribution in [2.45, 2.75) is 13.2 Å². The number of benzene rings is 2. The van der Waals surface area contributed by atoms with Crippen LogP contribution in [0.4, 0.5) is 0 Å². The molecular weight excluding hydrogens is 290 g/mol. The van der Waals surface area contributed by atoms with Gasteiger partial charge in [-0.05, 0) is 35.9 Å². The molecule has 108 valence electrons.